The number of piperidine rings is 1. The van der Waals surface area contributed by atoms with Crippen molar-refractivity contribution in [1.82, 2.24) is 35.1 Å². The van der Waals surface area contributed by atoms with Crippen LogP contribution < -0.4 is 5.32 Å². The zero-order valence-electron chi connectivity index (χ0n) is 19.6. The van der Waals surface area contributed by atoms with Crippen molar-refractivity contribution in [3.05, 3.63) is 60.0 Å². The highest BCUT2D eigenvalue weighted by Crippen LogP contribution is 2.32. The third-order valence-electron chi connectivity index (χ3n) is 6.89. The first-order chi connectivity index (χ1) is 16.9. The lowest BCUT2D eigenvalue weighted by atomic mass is 9.96. The van der Waals surface area contributed by atoms with Crippen LogP contribution in [0.25, 0.3) is 5.57 Å². The van der Waals surface area contributed by atoms with Crippen LogP contribution in [0.15, 0.2) is 47.3 Å². The molecular weight excluding hydrogens is 450 g/mol. The molecule has 0 bridgehead atoms. The first-order valence-electron chi connectivity index (χ1n) is 11.6. The number of likely N-dealkylation sites (tertiary alicyclic amines) is 1. The van der Waals surface area contributed by atoms with Gasteiger partial charge in [-0.2, -0.15) is 4.98 Å². The molecule has 0 saturated carbocycles. The van der Waals surface area contributed by atoms with Crippen LogP contribution in [0.3, 0.4) is 0 Å². The van der Waals surface area contributed by atoms with Gasteiger partial charge in [-0.05, 0) is 31.1 Å². The molecule has 35 heavy (non-hydrogen) atoms. The number of fused-ring (bicyclic) bond motifs is 1. The van der Waals surface area contributed by atoms with Gasteiger partial charge in [-0.25, -0.2) is 4.79 Å². The molecule has 2 atom stereocenters. The minimum absolute atomic E-state index is 0.00127. The largest absolute Gasteiger partial charge is 0.343 e. The monoisotopic (exact) mass is 477 g/mol. The average molecular weight is 478 g/mol. The lowest BCUT2D eigenvalue weighted by Gasteiger charge is -2.30. The molecule has 11 heteroatoms. The van der Waals surface area contributed by atoms with Crippen molar-refractivity contribution in [3.63, 3.8) is 0 Å². The summed E-state index contributed by atoms with van der Waals surface area (Å²) >= 11 is 0. The molecule has 2 unspecified atom stereocenters. The summed E-state index contributed by atoms with van der Waals surface area (Å²) in [5, 5.41) is 6.82. The third-order valence-corrected chi connectivity index (χ3v) is 6.89. The number of hydrogen-bond acceptors (Lipinski definition) is 7. The van der Waals surface area contributed by atoms with Crippen LogP contribution in [0, 0.1) is 0 Å². The van der Waals surface area contributed by atoms with Crippen LogP contribution in [-0.2, 0) is 4.79 Å². The maximum Gasteiger partial charge on any atom is 0.320 e. The van der Waals surface area contributed by atoms with E-state index in [1.54, 1.807) is 47.1 Å². The fraction of sp³-hybridized carbons (Fsp3) is 0.417. The maximum atomic E-state index is 12.5. The van der Waals surface area contributed by atoms with Crippen LogP contribution in [-0.4, -0.2) is 93.5 Å². The Morgan fingerprint density at radius 1 is 1.17 bits per heavy atom. The summed E-state index contributed by atoms with van der Waals surface area (Å²) in [4.78, 5) is 50.6. The summed E-state index contributed by atoms with van der Waals surface area (Å²) in [7, 11) is 3.59. The van der Waals surface area contributed by atoms with Gasteiger partial charge in [0.2, 0.25) is 17.6 Å². The predicted octanol–water partition coefficient (Wildman–Crippen LogP) is 1.29. The van der Waals surface area contributed by atoms with Crippen LogP contribution in [0.4, 0.5) is 4.79 Å². The molecule has 4 heterocycles. The summed E-state index contributed by atoms with van der Waals surface area (Å²) in [6, 6.07) is 3.24. The first-order valence-corrected chi connectivity index (χ1v) is 11.6. The van der Waals surface area contributed by atoms with Gasteiger partial charge in [-0.1, -0.05) is 17.3 Å². The molecular formula is C24H27N7O4. The molecule has 0 aromatic carbocycles. The van der Waals surface area contributed by atoms with Gasteiger partial charge in [0.15, 0.2) is 0 Å². The van der Waals surface area contributed by atoms with E-state index in [0.717, 1.165) is 5.57 Å². The summed E-state index contributed by atoms with van der Waals surface area (Å²) in [5.41, 5.74) is 1.25. The van der Waals surface area contributed by atoms with Gasteiger partial charge in [0.25, 0.3) is 5.91 Å². The normalized spacial score (nSPS) is 22.3. The fourth-order valence-electron chi connectivity index (χ4n) is 4.77. The zero-order chi connectivity index (χ0) is 24.5. The Morgan fingerprint density at radius 3 is 2.69 bits per heavy atom. The minimum atomic E-state index is -0.322. The summed E-state index contributed by atoms with van der Waals surface area (Å²) in [5.74, 6) is 0.673. The molecule has 3 aliphatic rings. The Kier molecular flexibility index (Phi) is 6.06. The number of pyridine rings is 1. The highest BCUT2D eigenvalue weighted by atomic mass is 16.5. The molecule has 1 N–H and O–H groups in total. The van der Waals surface area contributed by atoms with Crippen LogP contribution >= 0.6 is 0 Å². The summed E-state index contributed by atoms with van der Waals surface area (Å²) < 4.78 is 5.57. The highest BCUT2D eigenvalue weighted by molar-refractivity contribution is 5.96. The smallest absolute Gasteiger partial charge is 0.320 e. The lowest BCUT2D eigenvalue weighted by molar-refractivity contribution is -0.131. The van der Waals surface area contributed by atoms with Gasteiger partial charge in [0.05, 0.1) is 24.2 Å². The quantitative estimate of drug-likeness (QED) is 0.688. The Bertz CT molecular complexity index is 1180. The molecule has 5 rings (SSSR count). The number of urea groups is 1. The molecule has 2 aromatic heterocycles. The number of rotatable bonds is 5. The van der Waals surface area contributed by atoms with Crippen molar-refractivity contribution in [3.8, 4) is 0 Å². The molecule has 4 amide bonds. The number of allylic oxidation sites excluding steroid dienone is 2. The molecule has 11 nitrogen and oxygen atoms in total. The number of aromatic nitrogens is 3. The van der Waals surface area contributed by atoms with Crippen LogP contribution in [0.1, 0.15) is 40.8 Å². The minimum Gasteiger partial charge on any atom is -0.343 e. The number of amides is 4. The summed E-state index contributed by atoms with van der Waals surface area (Å²) in [6.45, 7) is 1.04. The first kappa shape index (κ1) is 22.8. The van der Waals surface area contributed by atoms with Crippen LogP contribution in [0.2, 0.25) is 0 Å². The van der Waals surface area contributed by atoms with Crippen molar-refractivity contribution in [2.24, 2.45) is 0 Å². The van der Waals surface area contributed by atoms with Crippen molar-refractivity contribution in [2.75, 3.05) is 33.7 Å². The second kappa shape index (κ2) is 9.32. The van der Waals surface area contributed by atoms with E-state index in [1.165, 1.54) is 6.20 Å². The van der Waals surface area contributed by atoms with E-state index in [2.05, 4.69) is 20.4 Å². The van der Waals surface area contributed by atoms with Gasteiger partial charge >= 0.3 is 6.03 Å². The Labute approximate surface area is 202 Å². The maximum absolute atomic E-state index is 12.5. The van der Waals surface area contributed by atoms with Gasteiger partial charge in [0, 0.05) is 51.1 Å². The molecule has 2 aromatic rings. The summed E-state index contributed by atoms with van der Waals surface area (Å²) in [6.07, 6.45) is 10.4. The van der Waals surface area contributed by atoms with E-state index in [4.69, 9.17) is 4.52 Å². The highest BCUT2D eigenvalue weighted by Gasteiger charge is 2.41. The van der Waals surface area contributed by atoms with E-state index in [1.807, 2.05) is 18.2 Å². The molecule has 0 radical (unpaired) electrons. The average Bonchev–Trinajstić information content (AvgIpc) is 3.48. The van der Waals surface area contributed by atoms with Crippen molar-refractivity contribution in [1.29, 1.82) is 0 Å². The van der Waals surface area contributed by atoms with E-state index >= 15 is 0 Å². The Morgan fingerprint density at radius 2 is 1.94 bits per heavy atom. The molecule has 182 valence electrons. The number of nitrogens with one attached hydrogen (secondary N) is 1. The van der Waals surface area contributed by atoms with Crippen molar-refractivity contribution >= 4 is 23.4 Å². The van der Waals surface area contributed by atoms with Crippen molar-refractivity contribution < 1.29 is 18.9 Å². The molecule has 2 saturated heterocycles. The molecule has 0 spiro atoms. The second-order valence-corrected chi connectivity index (χ2v) is 9.00. The zero-order valence-corrected chi connectivity index (χ0v) is 19.6. The van der Waals surface area contributed by atoms with Gasteiger partial charge < -0.3 is 24.5 Å². The molecule has 2 aliphatic heterocycles. The fourth-order valence-corrected chi connectivity index (χ4v) is 4.77. The van der Waals surface area contributed by atoms with Gasteiger partial charge in [0.1, 0.15) is 0 Å². The van der Waals surface area contributed by atoms with E-state index in [-0.39, 0.29) is 42.4 Å². The van der Waals surface area contributed by atoms with Gasteiger partial charge in [-0.15, -0.1) is 0 Å². The van der Waals surface area contributed by atoms with Gasteiger partial charge in [-0.3, -0.25) is 14.6 Å². The third kappa shape index (κ3) is 4.41. The standard InChI is InChI=1S/C24H27N7O4/c1-29-18-6-5-16(12-19(18)30(2)24(29)34)21-27-23(35-28-21)15-7-10-31(11-8-15)20(32)14-26-22(33)17-4-3-9-25-13-17/h3-6,9,12-13,15,18-19H,7-8,10-11,14H2,1-2H3,(H,26,33). The van der Waals surface area contributed by atoms with E-state index < -0.39 is 0 Å². The number of likely N-dealkylation sites (N-methyl/N-ethyl adjacent to an activating group) is 2. The SMILES string of the molecule is CN1C(=O)N(C)C2C=C(c3noc(C4CCN(C(=O)CNC(=O)c5cccnc5)CC4)n3)C=CC21. The number of nitrogens with zero attached hydrogens (tertiary/aromatic N) is 6. The van der Waals surface area contributed by atoms with E-state index in [9.17, 15) is 14.4 Å². The van der Waals surface area contributed by atoms with E-state index in [0.29, 0.717) is 43.2 Å². The predicted molar refractivity (Wildman–Crippen MR) is 125 cm³/mol. The number of carbonyl (C=O) groups is 3. The lowest BCUT2D eigenvalue weighted by Crippen LogP contribution is -2.43. The number of carbonyl (C=O) groups excluding carboxylic acids is 3. The topological polar surface area (TPSA) is 125 Å². The molecule has 1 aliphatic carbocycles. The molecule has 2 fully saturated rings. The Hall–Kier alpha value is -4.02. The Balaban J connectivity index is 1.15. The second-order valence-electron chi connectivity index (χ2n) is 9.00. The van der Waals surface area contributed by atoms with Crippen molar-refractivity contribution in [2.45, 2.75) is 30.8 Å². The van der Waals surface area contributed by atoms with Crippen LogP contribution in [0.5, 0.6) is 0 Å². The number of hydrogen-bond donors (Lipinski definition) is 1.